The summed E-state index contributed by atoms with van der Waals surface area (Å²) >= 11 is 3.48. The molecule has 42 heavy (non-hydrogen) atoms. The lowest BCUT2D eigenvalue weighted by Gasteiger charge is -2.43. The number of benzene rings is 3. The lowest BCUT2D eigenvalue weighted by molar-refractivity contribution is 0.197. The second kappa shape index (κ2) is 15.6. The van der Waals surface area contributed by atoms with Gasteiger partial charge < -0.3 is 19.7 Å². The van der Waals surface area contributed by atoms with Gasteiger partial charge >= 0.3 is 0 Å². The first-order valence-corrected chi connectivity index (χ1v) is 17.3. The number of allylic oxidation sites excluding steroid dienone is 1. The molecule has 3 aromatic carbocycles. The van der Waals surface area contributed by atoms with Gasteiger partial charge in [-0.25, -0.2) is 0 Å². The SMILES string of the molecule is C=C(CO[Si](c1ccccc1)(c1ccccc1)C(C)(C)C)/C(=C/CO)C(O)CC/C(=C/c1cc(Br)ccc1O)CCC. The molecule has 1 atom stereocenters. The summed E-state index contributed by atoms with van der Waals surface area (Å²) in [6.07, 6.45) is 5.75. The van der Waals surface area contributed by atoms with Crippen molar-refractivity contribution in [2.75, 3.05) is 13.2 Å². The zero-order chi connectivity index (χ0) is 30.8. The fourth-order valence-electron chi connectivity index (χ4n) is 5.58. The van der Waals surface area contributed by atoms with Gasteiger partial charge in [0.2, 0.25) is 0 Å². The minimum atomic E-state index is -2.78. The number of rotatable bonds is 14. The van der Waals surface area contributed by atoms with Gasteiger partial charge in [0.15, 0.2) is 0 Å². The summed E-state index contributed by atoms with van der Waals surface area (Å²) in [6.45, 7) is 13.2. The van der Waals surface area contributed by atoms with Gasteiger partial charge in [-0.15, -0.1) is 0 Å². The van der Waals surface area contributed by atoms with Crippen LogP contribution in [-0.2, 0) is 4.43 Å². The van der Waals surface area contributed by atoms with Crippen molar-refractivity contribution in [3.05, 3.63) is 118 Å². The van der Waals surface area contributed by atoms with Crippen LogP contribution in [0.25, 0.3) is 6.08 Å². The molecule has 0 saturated heterocycles. The van der Waals surface area contributed by atoms with Gasteiger partial charge in [0.1, 0.15) is 5.75 Å². The Labute approximate surface area is 261 Å². The van der Waals surface area contributed by atoms with Gasteiger partial charge in [-0.3, -0.25) is 0 Å². The third-order valence-electron chi connectivity index (χ3n) is 7.62. The van der Waals surface area contributed by atoms with Crippen LogP contribution >= 0.6 is 15.9 Å². The average molecular weight is 650 g/mol. The third-order valence-corrected chi connectivity index (χ3v) is 13.1. The predicted octanol–water partition coefficient (Wildman–Crippen LogP) is 7.53. The lowest BCUT2D eigenvalue weighted by atomic mass is 9.94. The van der Waals surface area contributed by atoms with Crippen molar-refractivity contribution in [2.24, 2.45) is 0 Å². The molecule has 0 amide bonds. The van der Waals surface area contributed by atoms with E-state index in [-0.39, 0.29) is 24.0 Å². The van der Waals surface area contributed by atoms with E-state index in [1.165, 1.54) is 10.4 Å². The summed E-state index contributed by atoms with van der Waals surface area (Å²) in [5.74, 6) is 0.224. The number of phenols is 1. The zero-order valence-corrected chi connectivity index (χ0v) is 27.9. The summed E-state index contributed by atoms with van der Waals surface area (Å²) in [6, 6.07) is 26.2. The van der Waals surface area contributed by atoms with E-state index in [2.05, 4.69) is 98.7 Å². The van der Waals surface area contributed by atoms with E-state index in [0.717, 1.165) is 28.5 Å². The molecule has 3 rings (SSSR count). The lowest BCUT2D eigenvalue weighted by Crippen LogP contribution is -2.66. The number of aliphatic hydroxyl groups is 2. The van der Waals surface area contributed by atoms with Crippen molar-refractivity contribution >= 4 is 40.7 Å². The highest BCUT2D eigenvalue weighted by Gasteiger charge is 2.50. The minimum Gasteiger partial charge on any atom is -0.507 e. The van der Waals surface area contributed by atoms with Crippen LogP contribution in [0.3, 0.4) is 0 Å². The Morgan fingerprint density at radius 1 is 0.976 bits per heavy atom. The molecule has 3 N–H and O–H groups in total. The number of hydrogen-bond donors (Lipinski definition) is 3. The van der Waals surface area contributed by atoms with E-state index >= 15 is 0 Å². The van der Waals surface area contributed by atoms with E-state index in [0.29, 0.717) is 24.0 Å². The quantitative estimate of drug-likeness (QED) is 0.125. The zero-order valence-electron chi connectivity index (χ0n) is 25.3. The highest BCUT2D eigenvalue weighted by Crippen LogP contribution is 2.37. The van der Waals surface area contributed by atoms with Crippen molar-refractivity contribution < 1.29 is 19.7 Å². The van der Waals surface area contributed by atoms with Gasteiger partial charge in [-0.2, -0.15) is 0 Å². The minimum absolute atomic E-state index is 0.187. The fraction of sp³-hybridized carbons (Fsp3) is 0.333. The van der Waals surface area contributed by atoms with Gasteiger partial charge in [-0.1, -0.05) is 135 Å². The molecule has 0 aliphatic rings. The normalized spacial score (nSPS) is 13.7. The van der Waals surface area contributed by atoms with Crippen LogP contribution in [0, 0.1) is 0 Å². The van der Waals surface area contributed by atoms with Gasteiger partial charge in [0.05, 0.1) is 19.3 Å². The van der Waals surface area contributed by atoms with Crippen molar-refractivity contribution in [2.45, 2.75) is 64.5 Å². The molecule has 0 aromatic heterocycles. The van der Waals surface area contributed by atoms with E-state index in [9.17, 15) is 15.3 Å². The van der Waals surface area contributed by atoms with Gasteiger partial charge in [-0.05, 0) is 64.0 Å². The first-order chi connectivity index (χ1) is 20.0. The molecule has 224 valence electrons. The predicted molar refractivity (Wildman–Crippen MR) is 182 cm³/mol. The summed E-state index contributed by atoms with van der Waals surface area (Å²) < 4.78 is 7.93. The number of hydrogen-bond acceptors (Lipinski definition) is 4. The Hall–Kier alpha value is -2.74. The fourth-order valence-corrected chi connectivity index (χ4v) is 10.5. The van der Waals surface area contributed by atoms with Crippen LogP contribution in [0.4, 0.5) is 0 Å². The summed E-state index contributed by atoms with van der Waals surface area (Å²) in [5, 5.41) is 33.7. The molecule has 0 aliphatic carbocycles. The molecule has 0 heterocycles. The Morgan fingerprint density at radius 3 is 2.10 bits per heavy atom. The van der Waals surface area contributed by atoms with Crippen LogP contribution in [0.15, 0.2) is 113 Å². The topological polar surface area (TPSA) is 69.9 Å². The maximum atomic E-state index is 11.3. The highest BCUT2D eigenvalue weighted by atomic mass is 79.9. The van der Waals surface area contributed by atoms with Crippen molar-refractivity contribution in [3.8, 4) is 5.75 Å². The van der Waals surface area contributed by atoms with Crippen molar-refractivity contribution in [3.63, 3.8) is 0 Å². The molecule has 0 saturated carbocycles. The average Bonchev–Trinajstić information content (AvgIpc) is 2.97. The smallest absolute Gasteiger partial charge is 0.261 e. The Bertz CT molecular complexity index is 1320. The standard InChI is InChI=1S/C36H45BrO4Si/c1-6-13-28(24-29-25-30(37)19-21-34(29)39)18-20-35(40)33(22-23-38)27(2)26-41-42(36(3,4)5,31-14-9-7-10-15-31)32-16-11-8-12-17-32/h7-12,14-17,19,21-22,24-25,35,38-40H,2,6,13,18,20,23,26H2,1,3-5H3/b28-24+,33-22-. The summed E-state index contributed by atoms with van der Waals surface area (Å²) in [4.78, 5) is 0. The third kappa shape index (κ3) is 8.42. The highest BCUT2D eigenvalue weighted by molar-refractivity contribution is 9.10. The van der Waals surface area contributed by atoms with Crippen LogP contribution in [-0.4, -0.2) is 43.0 Å². The molecule has 1 unspecified atom stereocenters. The summed E-state index contributed by atoms with van der Waals surface area (Å²) in [5.41, 5.74) is 3.16. The number of aromatic hydroxyl groups is 1. The molecule has 0 bridgehead atoms. The van der Waals surface area contributed by atoms with Gasteiger partial charge in [0.25, 0.3) is 8.32 Å². The molecular formula is C36H45BrO4Si. The largest absolute Gasteiger partial charge is 0.507 e. The van der Waals surface area contributed by atoms with E-state index < -0.39 is 14.4 Å². The maximum Gasteiger partial charge on any atom is 0.261 e. The number of phenolic OH excluding ortho intramolecular Hbond substituents is 1. The number of halogens is 1. The second-order valence-electron chi connectivity index (χ2n) is 11.7. The second-order valence-corrected chi connectivity index (χ2v) is 16.9. The molecule has 4 nitrogen and oxygen atoms in total. The van der Waals surface area contributed by atoms with Crippen LogP contribution in [0.5, 0.6) is 5.75 Å². The van der Waals surface area contributed by atoms with E-state index in [1.807, 2.05) is 30.3 Å². The molecule has 0 aliphatic heterocycles. The molecule has 6 heteroatoms. The van der Waals surface area contributed by atoms with E-state index in [1.54, 1.807) is 12.1 Å². The van der Waals surface area contributed by atoms with Crippen LogP contribution in [0.2, 0.25) is 5.04 Å². The first-order valence-electron chi connectivity index (χ1n) is 14.6. The van der Waals surface area contributed by atoms with Crippen molar-refractivity contribution in [1.82, 2.24) is 0 Å². The van der Waals surface area contributed by atoms with Crippen LogP contribution < -0.4 is 10.4 Å². The van der Waals surface area contributed by atoms with Gasteiger partial charge in [0, 0.05) is 10.0 Å². The molecule has 0 spiro atoms. The Morgan fingerprint density at radius 2 is 1.57 bits per heavy atom. The molecule has 0 radical (unpaired) electrons. The summed E-state index contributed by atoms with van der Waals surface area (Å²) in [7, 11) is -2.78. The van der Waals surface area contributed by atoms with Crippen molar-refractivity contribution in [1.29, 1.82) is 0 Å². The molecule has 0 fully saturated rings. The Kier molecular flexibility index (Phi) is 12.6. The molecular weight excluding hydrogens is 604 g/mol. The number of aliphatic hydroxyl groups excluding tert-OH is 2. The molecule has 3 aromatic rings. The maximum absolute atomic E-state index is 11.3. The van der Waals surface area contributed by atoms with Crippen LogP contribution in [0.1, 0.15) is 58.9 Å². The monoisotopic (exact) mass is 648 g/mol. The first kappa shape index (κ1) is 33.8. The van der Waals surface area contributed by atoms with E-state index in [4.69, 9.17) is 4.43 Å². The Balaban J connectivity index is 1.85.